The number of aliphatic hydroxyl groups excluding tert-OH is 1. The molecule has 1 N–H and O–H groups in total. The molecule has 0 aliphatic carbocycles. The number of esters is 1. The Balaban J connectivity index is 2.40. The summed E-state index contributed by atoms with van der Waals surface area (Å²) in [6, 6.07) is 3.26. The zero-order chi connectivity index (χ0) is 13.1. The molecule has 0 aromatic heterocycles. The van der Waals surface area contributed by atoms with Gasteiger partial charge < -0.3 is 24.1 Å². The van der Waals surface area contributed by atoms with Crippen molar-refractivity contribution in [3.63, 3.8) is 0 Å². The molecule has 0 spiro atoms. The van der Waals surface area contributed by atoms with Crippen LogP contribution in [0.1, 0.15) is 17.2 Å². The van der Waals surface area contributed by atoms with Crippen LogP contribution in [-0.4, -0.2) is 32.1 Å². The van der Waals surface area contributed by atoms with Crippen molar-refractivity contribution in [3.8, 4) is 11.5 Å². The van der Waals surface area contributed by atoms with Crippen LogP contribution in [-0.2, 0) is 20.9 Å². The highest BCUT2D eigenvalue weighted by atomic mass is 16.7. The van der Waals surface area contributed by atoms with Crippen molar-refractivity contribution in [3.05, 3.63) is 23.3 Å². The highest BCUT2D eigenvalue weighted by molar-refractivity contribution is 5.77. The van der Waals surface area contributed by atoms with Gasteiger partial charge in [-0.05, 0) is 17.7 Å². The van der Waals surface area contributed by atoms with E-state index in [-0.39, 0.29) is 13.4 Å². The van der Waals surface area contributed by atoms with Crippen LogP contribution in [0.5, 0.6) is 11.5 Å². The Morgan fingerprint density at radius 3 is 2.67 bits per heavy atom. The highest BCUT2D eigenvalue weighted by Crippen LogP contribution is 2.37. The minimum atomic E-state index is -1.37. The molecule has 0 amide bonds. The lowest BCUT2D eigenvalue weighted by Crippen LogP contribution is -2.15. The molecule has 0 saturated carbocycles. The highest BCUT2D eigenvalue weighted by Gasteiger charge is 2.25. The number of carbonyl (C=O) groups excluding carboxylic acids is 1. The lowest BCUT2D eigenvalue weighted by Gasteiger charge is -2.14. The first-order chi connectivity index (χ1) is 8.67. The molecule has 2 rings (SSSR count). The quantitative estimate of drug-likeness (QED) is 0.800. The predicted molar refractivity (Wildman–Crippen MR) is 60.3 cm³/mol. The summed E-state index contributed by atoms with van der Waals surface area (Å²) in [5.41, 5.74) is 1.05. The van der Waals surface area contributed by atoms with Crippen molar-refractivity contribution in [1.82, 2.24) is 0 Å². The van der Waals surface area contributed by atoms with Crippen molar-refractivity contribution in [2.24, 2.45) is 0 Å². The SMILES string of the molecule is COCc1cc2c(cc1C(O)C(=O)OC)OCO2. The predicted octanol–water partition coefficient (Wildman–Crippen LogP) is 0.768. The third kappa shape index (κ3) is 2.25. The van der Waals surface area contributed by atoms with Gasteiger partial charge in [-0.25, -0.2) is 4.79 Å². The van der Waals surface area contributed by atoms with Gasteiger partial charge in [0.15, 0.2) is 17.6 Å². The van der Waals surface area contributed by atoms with Gasteiger partial charge in [-0.3, -0.25) is 0 Å². The van der Waals surface area contributed by atoms with E-state index in [1.165, 1.54) is 14.2 Å². The van der Waals surface area contributed by atoms with Crippen LogP contribution in [0, 0.1) is 0 Å². The summed E-state index contributed by atoms with van der Waals surface area (Å²) in [7, 11) is 2.74. The number of hydrogen-bond donors (Lipinski definition) is 1. The van der Waals surface area contributed by atoms with E-state index >= 15 is 0 Å². The van der Waals surface area contributed by atoms with E-state index in [1.54, 1.807) is 12.1 Å². The van der Waals surface area contributed by atoms with Gasteiger partial charge in [0.1, 0.15) is 0 Å². The molecule has 1 aliphatic rings. The van der Waals surface area contributed by atoms with E-state index < -0.39 is 12.1 Å². The molecule has 1 aliphatic heterocycles. The van der Waals surface area contributed by atoms with Crippen molar-refractivity contribution in [2.45, 2.75) is 12.7 Å². The molecule has 1 aromatic carbocycles. The maximum Gasteiger partial charge on any atom is 0.339 e. The first-order valence-electron chi connectivity index (χ1n) is 5.34. The van der Waals surface area contributed by atoms with Crippen molar-refractivity contribution >= 4 is 5.97 Å². The number of methoxy groups -OCH3 is 2. The minimum absolute atomic E-state index is 0.125. The molecular weight excluding hydrogens is 240 g/mol. The molecule has 18 heavy (non-hydrogen) atoms. The van der Waals surface area contributed by atoms with Crippen LogP contribution in [0.15, 0.2) is 12.1 Å². The number of rotatable bonds is 4. The normalized spacial score (nSPS) is 14.4. The van der Waals surface area contributed by atoms with E-state index in [1.807, 2.05) is 0 Å². The number of aliphatic hydroxyl groups is 1. The van der Waals surface area contributed by atoms with E-state index in [9.17, 15) is 9.90 Å². The van der Waals surface area contributed by atoms with E-state index in [4.69, 9.17) is 14.2 Å². The van der Waals surface area contributed by atoms with Crippen molar-refractivity contribution < 1.29 is 28.8 Å². The molecule has 0 fully saturated rings. The molecule has 1 atom stereocenters. The largest absolute Gasteiger partial charge is 0.467 e. The van der Waals surface area contributed by atoms with Gasteiger partial charge in [0.25, 0.3) is 0 Å². The Hall–Kier alpha value is -1.79. The Morgan fingerprint density at radius 1 is 1.39 bits per heavy atom. The fourth-order valence-electron chi connectivity index (χ4n) is 1.77. The van der Waals surface area contributed by atoms with Crippen LogP contribution in [0.4, 0.5) is 0 Å². The number of hydrogen-bond acceptors (Lipinski definition) is 6. The van der Waals surface area contributed by atoms with Crippen molar-refractivity contribution in [2.75, 3.05) is 21.0 Å². The van der Waals surface area contributed by atoms with Crippen molar-refractivity contribution in [1.29, 1.82) is 0 Å². The van der Waals surface area contributed by atoms with Gasteiger partial charge in [-0.2, -0.15) is 0 Å². The summed E-state index contributed by atoms with van der Waals surface area (Å²) in [6.07, 6.45) is -1.37. The summed E-state index contributed by atoms with van der Waals surface area (Å²) >= 11 is 0. The third-order valence-electron chi connectivity index (χ3n) is 2.65. The molecule has 6 nitrogen and oxygen atoms in total. The molecule has 98 valence electrons. The Kier molecular flexibility index (Phi) is 3.69. The Labute approximate surface area is 104 Å². The van der Waals surface area contributed by atoms with Gasteiger partial charge in [0, 0.05) is 12.7 Å². The zero-order valence-corrected chi connectivity index (χ0v) is 10.1. The summed E-state index contributed by atoms with van der Waals surface area (Å²) in [4.78, 5) is 11.4. The monoisotopic (exact) mass is 254 g/mol. The van der Waals surface area contributed by atoms with E-state index in [0.29, 0.717) is 22.6 Å². The van der Waals surface area contributed by atoms with Gasteiger partial charge in [-0.15, -0.1) is 0 Å². The first kappa shape index (κ1) is 12.7. The number of ether oxygens (including phenoxy) is 4. The maximum atomic E-state index is 11.4. The smallest absolute Gasteiger partial charge is 0.339 e. The third-order valence-corrected chi connectivity index (χ3v) is 2.65. The number of benzene rings is 1. The summed E-state index contributed by atoms with van der Waals surface area (Å²) in [6.45, 7) is 0.375. The van der Waals surface area contributed by atoms with E-state index in [0.717, 1.165) is 0 Å². The van der Waals surface area contributed by atoms with Gasteiger partial charge in [-0.1, -0.05) is 0 Å². The van der Waals surface area contributed by atoms with Gasteiger partial charge in [0.05, 0.1) is 13.7 Å². The average molecular weight is 254 g/mol. The Bertz CT molecular complexity index is 456. The second-order valence-corrected chi connectivity index (χ2v) is 3.76. The fraction of sp³-hybridized carbons (Fsp3) is 0.417. The fourth-order valence-corrected chi connectivity index (χ4v) is 1.77. The van der Waals surface area contributed by atoms with Crippen LogP contribution in [0.3, 0.4) is 0 Å². The van der Waals surface area contributed by atoms with Crippen LogP contribution < -0.4 is 9.47 Å². The molecule has 0 bridgehead atoms. The standard InChI is InChI=1S/C12H14O6/c1-15-5-7-3-9-10(18-6-17-9)4-8(7)11(13)12(14)16-2/h3-4,11,13H,5-6H2,1-2H3. The van der Waals surface area contributed by atoms with Crippen LogP contribution in [0.25, 0.3) is 0 Å². The molecule has 1 heterocycles. The molecule has 1 unspecified atom stereocenters. The lowest BCUT2D eigenvalue weighted by molar-refractivity contribution is -0.150. The van der Waals surface area contributed by atoms with Crippen LogP contribution >= 0.6 is 0 Å². The molecule has 1 aromatic rings. The lowest BCUT2D eigenvalue weighted by atomic mass is 10.0. The molecular formula is C12H14O6. The summed E-state index contributed by atoms with van der Waals surface area (Å²) in [5.74, 6) is 0.335. The van der Waals surface area contributed by atoms with E-state index in [2.05, 4.69) is 4.74 Å². The first-order valence-corrected chi connectivity index (χ1v) is 5.34. The van der Waals surface area contributed by atoms with Gasteiger partial charge >= 0.3 is 5.97 Å². The number of carbonyl (C=O) groups is 1. The zero-order valence-electron chi connectivity index (χ0n) is 10.1. The minimum Gasteiger partial charge on any atom is -0.467 e. The number of fused-ring (bicyclic) bond motifs is 1. The Morgan fingerprint density at radius 2 is 2.06 bits per heavy atom. The average Bonchev–Trinajstić information content (AvgIpc) is 2.83. The summed E-state index contributed by atoms with van der Waals surface area (Å²) in [5, 5.41) is 9.90. The second-order valence-electron chi connectivity index (χ2n) is 3.76. The molecule has 0 saturated heterocycles. The molecule has 6 heteroatoms. The summed E-state index contributed by atoms with van der Waals surface area (Å²) < 4.78 is 20.0. The van der Waals surface area contributed by atoms with Gasteiger partial charge in [0.2, 0.25) is 6.79 Å². The maximum absolute atomic E-state index is 11.4. The topological polar surface area (TPSA) is 74.2 Å². The molecule has 0 radical (unpaired) electrons. The van der Waals surface area contributed by atoms with Crippen LogP contribution in [0.2, 0.25) is 0 Å². The second kappa shape index (κ2) is 5.24.